The summed E-state index contributed by atoms with van der Waals surface area (Å²) < 4.78 is 0.886. The van der Waals surface area contributed by atoms with E-state index in [-0.39, 0.29) is 6.42 Å². The zero-order valence-electron chi connectivity index (χ0n) is 9.21. The predicted octanol–water partition coefficient (Wildman–Crippen LogP) is 1.50. The minimum atomic E-state index is -1.31. The normalized spacial score (nSPS) is 11.2. The lowest BCUT2D eigenvalue weighted by atomic mass is 10.0. The van der Waals surface area contributed by atoms with Gasteiger partial charge in [0.1, 0.15) is 6.04 Å². The van der Waals surface area contributed by atoms with E-state index in [4.69, 9.17) is 10.6 Å². The molecule has 6 nitrogen and oxygen atoms in total. The van der Waals surface area contributed by atoms with Crippen LogP contribution in [0.15, 0.2) is 28.7 Å². The number of Topliss-reactive ketones (excluding diaryl/α,β-unsaturated/α-hetero) is 1. The highest BCUT2D eigenvalue weighted by Gasteiger charge is 2.22. The average molecular weight is 312 g/mol. The van der Waals surface area contributed by atoms with E-state index in [2.05, 4.69) is 26.0 Å². The SMILES string of the molecule is [N-]=[N+]=CC(=O)C(Cc1ccc(Br)cc1)NC(=O)O. The highest BCUT2D eigenvalue weighted by atomic mass is 79.9. The molecule has 1 aromatic rings. The molecule has 2 N–H and O–H groups in total. The molecule has 18 heavy (non-hydrogen) atoms. The Morgan fingerprint density at radius 3 is 2.56 bits per heavy atom. The van der Waals surface area contributed by atoms with E-state index in [0.717, 1.165) is 10.0 Å². The van der Waals surface area contributed by atoms with E-state index >= 15 is 0 Å². The van der Waals surface area contributed by atoms with Crippen LogP contribution in [0.3, 0.4) is 0 Å². The summed E-state index contributed by atoms with van der Waals surface area (Å²) in [6, 6.07) is 6.14. The monoisotopic (exact) mass is 311 g/mol. The standard InChI is InChI=1S/C11H10BrN3O3/c12-8-3-1-7(2-4-8)5-9(15-11(17)18)10(16)6-14-13/h1-4,6,9,15H,5H2,(H,17,18). The maximum Gasteiger partial charge on any atom is 0.405 e. The van der Waals surface area contributed by atoms with Crippen LogP contribution in [0.25, 0.3) is 5.53 Å². The number of carbonyl (C=O) groups excluding carboxylic acids is 1. The number of halogens is 1. The van der Waals surface area contributed by atoms with Crippen LogP contribution in [0.5, 0.6) is 0 Å². The van der Waals surface area contributed by atoms with Gasteiger partial charge in [0.2, 0.25) is 0 Å². The van der Waals surface area contributed by atoms with E-state index < -0.39 is 17.9 Å². The van der Waals surface area contributed by atoms with Gasteiger partial charge in [-0.15, -0.1) is 0 Å². The third-order valence-electron chi connectivity index (χ3n) is 2.18. The van der Waals surface area contributed by atoms with Gasteiger partial charge in [-0.05, 0) is 17.7 Å². The lowest BCUT2D eigenvalue weighted by Crippen LogP contribution is -2.42. The zero-order chi connectivity index (χ0) is 13.5. The minimum absolute atomic E-state index is 0.185. The van der Waals surface area contributed by atoms with Gasteiger partial charge >= 0.3 is 12.3 Å². The molecule has 0 spiro atoms. The number of benzene rings is 1. The maximum atomic E-state index is 11.5. The Morgan fingerprint density at radius 2 is 2.06 bits per heavy atom. The summed E-state index contributed by atoms with van der Waals surface area (Å²) in [5, 5.41) is 10.7. The Morgan fingerprint density at radius 1 is 1.44 bits per heavy atom. The number of nitrogens with zero attached hydrogens (tertiary/aromatic N) is 2. The molecule has 0 aromatic heterocycles. The smallest absolute Gasteiger partial charge is 0.405 e. The highest BCUT2D eigenvalue weighted by Crippen LogP contribution is 2.12. The van der Waals surface area contributed by atoms with Crippen LogP contribution in [0.2, 0.25) is 0 Å². The van der Waals surface area contributed by atoms with E-state index in [1.165, 1.54) is 0 Å². The molecule has 0 aliphatic rings. The second kappa shape index (κ2) is 6.68. The first-order chi connectivity index (χ1) is 8.52. The number of rotatable bonds is 5. The molecule has 0 aliphatic heterocycles. The first-order valence-electron chi connectivity index (χ1n) is 4.98. The lowest BCUT2D eigenvalue weighted by molar-refractivity contribution is -0.117. The Kier molecular flexibility index (Phi) is 5.23. The van der Waals surface area contributed by atoms with Crippen LogP contribution in [0.1, 0.15) is 5.56 Å². The maximum absolute atomic E-state index is 11.5. The van der Waals surface area contributed by atoms with Gasteiger partial charge in [-0.1, -0.05) is 28.1 Å². The zero-order valence-corrected chi connectivity index (χ0v) is 10.8. The number of hydrogen-bond donors (Lipinski definition) is 2. The van der Waals surface area contributed by atoms with Crippen molar-refractivity contribution in [1.29, 1.82) is 0 Å². The van der Waals surface area contributed by atoms with Crippen molar-refractivity contribution in [1.82, 2.24) is 5.32 Å². The molecule has 0 saturated carbocycles. The number of hydrogen-bond acceptors (Lipinski definition) is 2. The number of amides is 1. The number of carboxylic acid groups (broad SMARTS) is 1. The third-order valence-corrected chi connectivity index (χ3v) is 2.71. The Balaban J connectivity index is 2.83. The fourth-order valence-electron chi connectivity index (χ4n) is 1.37. The van der Waals surface area contributed by atoms with Crippen molar-refractivity contribution in [2.75, 3.05) is 0 Å². The van der Waals surface area contributed by atoms with Crippen molar-refractivity contribution in [2.24, 2.45) is 0 Å². The Labute approximate surface area is 111 Å². The van der Waals surface area contributed by atoms with Crippen LogP contribution in [-0.4, -0.2) is 34.0 Å². The fraction of sp³-hybridized carbons (Fsp3) is 0.182. The van der Waals surface area contributed by atoms with E-state index in [1.807, 2.05) is 0 Å². The van der Waals surface area contributed by atoms with Crippen LogP contribution in [0, 0.1) is 0 Å². The quantitative estimate of drug-likeness (QED) is 0.489. The summed E-state index contributed by atoms with van der Waals surface area (Å²) in [7, 11) is 0. The summed E-state index contributed by atoms with van der Waals surface area (Å²) in [6.45, 7) is 0. The molecular weight excluding hydrogens is 302 g/mol. The molecule has 0 saturated heterocycles. The molecule has 1 amide bonds. The topological polar surface area (TPSA) is 103 Å². The predicted molar refractivity (Wildman–Crippen MR) is 67.5 cm³/mol. The van der Waals surface area contributed by atoms with Gasteiger partial charge < -0.3 is 16.0 Å². The molecule has 0 heterocycles. The minimum Gasteiger partial charge on any atom is -0.465 e. The van der Waals surface area contributed by atoms with Gasteiger partial charge in [0, 0.05) is 10.9 Å². The second-order valence-corrected chi connectivity index (χ2v) is 4.40. The number of carbonyl (C=O) groups is 2. The van der Waals surface area contributed by atoms with E-state index in [9.17, 15) is 9.59 Å². The molecule has 0 fully saturated rings. The second-order valence-electron chi connectivity index (χ2n) is 3.48. The van der Waals surface area contributed by atoms with E-state index in [1.54, 1.807) is 24.3 Å². The largest absolute Gasteiger partial charge is 0.465 e. The summed E-state index contributed by atoms with van der Waals surface area (Å²) in [4.78, 5) is 24.7. The molecule has 7 heteroatoms. The fourth-order valence-corrected chi connectivity index (χ4v) is 1.64. The molecular formula is C11H10BrN3O3. The summed E-state index contributed by atoms with van der Waals surface area (Å²) in [5.74, 6) is -0.609. The van der Waals surface area contributed by atoms with Crippen LogP contribution in [0.4, 0.5) is 4.79 Å². The third kappa shape index (κ3) is 4.48. The van der Waals surface area contributed by atoms with Crippen molar-refractivity contribution in [3.63, 3.8) is 0 Å². The first kappa shape index (κ1) is 14.1. The number of nitrogens with one attached hydrogen (secondary N) is 1. The summed E-state index contributed by atoms with van der Waals surface area (Å²) in [5.41, 5.74) is 9.08. The average Bonchev–Trinajstić information content (AvgIpc) is 2.31. The number of ketones is 1. The van der Waals surface area contributed by atoms with Crippen LogP contribution < -0.4 is 5.32 Å². The molecule has 0 bridgehead atoms. The Hall–Kier alpha value is -1.98. The van der Waals surface area contributed by atoms with Crippen molar-refractivity contribution in [3.05, 3.63) is 39.8 Å². The summed E-state index contributed by atoms with van der Waals surface area (Å²) in [6.07, 6.45) is -0.444. The summed E-state index contributed by atoms with van der Waals surface area (Å²) >= 11 is 3.27. The molecule has 1 unspecified atom stereocenters. The van der Waals surface area contributed by atoms with Crippen LogP contribution >= 0.6 is 15.9 Å². The molecule has 94 valence electrons. The molecule has 1 aromatic carbocycles. The van der Waals surface area contributed by atoms with Gasteiger partial charge in [0.15, 0.2) is 0 Å². The molecule has 0 aliphatic carbocycles. The van der Waals surface area contributed by atoms with Crippen LogP contribution in [-0.2, 0) is 11.2 Å². The molecule has 1 rings (SSSR count). The first-order valence-corrected chi connectivity index (χ1v) is 5.77. The lowest BCUT2D eigenvalue weighted by Gasteiger charge is -2.12. The van der Waals surface area contributed by atoms with Gasteiger partial charge in [-0.25, -0.2) is 4.79 Å². The van der Waals surface area contributed by atoms with Gasteiger partial charge in [0.05, 0.1) is 0 Å². The van der Waals surface area contributed by atoms with Gasteiger partial charge in [0.25, 0.3) is 5.78 Å². The van der Waals surface area contributed by atoms with Crippen molar-refractivity contribution in [2.45, 2.75) is 12.5 Å². The van der Waals surface area contributed by atoms with E-state index in [0.29, 0.717) is 6.21 Å². The van der Waals surface area contributed by atoms with Crippen molar-refractivity contribution in [3.8, 4) is 0 Å². The molecule has 0 radical (unpaired) electrons. The van der Waals surface area contributed by atoms with Crippen molar-refractivity contribution < 1.29 is 19.5 Å². The highest BCUT2D eigenvalue weighted by molar-refractivity contribution is 9.10. The van der Waals surface area contributed by atoms with Gasteiger partial charge in [-0.2, -0.15) is 4.79 Å². The van der Waals surface area contributed by atoms with Crippen molar-refractivity contribution >= 4 is 34.0 Å². The Bertz CT molecular complexity index is 495. The molecule has 1 atom stereocenters. The van der Waals surface area contributed by atoms with Gasteiger partial charge in [-0.3, -0.25) is 4.79 Å².